The number of aliphatic hydroxyl groups is 1. The SMILES string of the molecule is CC(Cl)COC(=O)C1(O)C=CC(c2ccccc2)C=C1. The van der Waals surface area contributed by atoms with Gasteiger partial charge in [-0.2, -0.15) is 0 Å². The van der Waals surface area contributed by atoms with Crippen LogP contribution >= 0.6 is 11.6 Å². The van der Waals surface area contributed by atoms with E-state index in [1.165, 1.54) is 12.2 Å². The molecule has 0 radical (unpaired) electrons. The molecule has 0 saturated carbocycles. The lowest BCUT2D eigenvalue weighted by Crippen LogP contribution is -2.38. The zero-order valence-electron chi connectivity index (χ0n) is 11.2. The van der Waals surface area contributed by atoms with Gasteiger partial charge in [-0.05, 0) is 24.6 Å². The lowest BCUT2D eigenvalue weighted by Gasteiger charge is -2.24. The number of allylic oxidation sites excluding steroid dienone is 2. The maximum atomic E-state index is 11.8. The number of esters is 1. The van der Waals surface area contributed by atoms with Gasteiger partial charge in [-0.3, -0.25) is 0 Å². The Kier molecular flexibility index (Phi) is 4.63. The Bertz CT molecular complexity index is 506. The van der Waals surface area contributed by atoms with Crippen molar-refractivity contribution >= 4 is 17.6 Å². The fraction of sp³-hybridized carbons (Fsp3) is 0.312. The zero-order valence-corrected chi connectivity index (χ0v) is 12.0. The first-order valence-electron chi connectivity index (χ1n) is 6.48. The van der Waals surface area contributed by atoms with Gasteiger partial charge in [-0.15, -0.1) is 11.6 Å². The van der Waals surface area contributed by atoms with Crippen LogP contribution in [0.25, 0.3) is 0 Å². The van der Waals surface area contributed by atoms with Crippen LogP contribution in [0.4, 0.5) is 0 Å². The van der Waals surface area contributed by atoms with Crippen molar-refractivity contribution in [2.45, 2.75) is 23.8 Å². The number of carbonyl (C=O) groups is 1. The van der Waals surface area contributed by atoms with Crippen LogP contribution in [-0.2, 0) is 9.53 Å². The summed E-state index contributed by atoms with van der Waals surface area (Å²) < 4.78 is 4.96. The van der Waals surface area contributed by atoms with Crippen molar-refractivity contribution in [3.8, 4) is 0 Å². The summed E-state index contributed by atoms with van der Waals surface area (Å²) in [5.41, 5.74) is -0.596. The Labute approximate surface area is 123 Å². The number of hydrogen-bond acceptors (Lipinski definition) is 3. The van der Waals surface area contributed by atoms with Gasteiger partial charge in [0.15, 0.2) is 5.60 Å². The molecular formula is C16H17ClO3. The molecule has 0 spiro atoms. The van der Waals surface area contributed by atoms with Crippen LogP contribution in [0.15, 0.2) is 54.6 Å². The molecule has 1 aliphatic rings. The number of hydrogen-bond donors (Lipinski definition) is 1. The van der Waals surface area contributed by atoms with Crippen LogP contribution in [0.1, 0.15) is 18.4 Å². The van der Waals surface area contributed by atoms with Crippen molar-refractivity contribution in [3.05, 3.63) is 60.2 Å². The van der Waals surface area contributed by atoms with E-state index >= 15 is 0 Å². The highest BCUT2D eigenvalue weighted by atomic mass is 35.5. The van der Waals surface area contributed by atoms with Crippen molar-refractivity contribution in [1.82, 2.24) is 0 Å². The van der Waals surface area contributed by atoms with E-state index in [1.54, 1.807) is 19.1 Å². The molecule has 0 fully saturated rings. The minimum Gasteiger partial charge on any atom is -0.462 e. The first-order chi connectivity index (χ1) is 9.51. The van der Waals surface area contributed by atoms with Crippen LogP contribution in [0.2, 0.25) is 0 Å². The number of halogens is 1. The van der Waals surface area contributed by atoms with Gasteiger partial charge in [0.25, 0.3) is 0 Å². The molecule has 0 aromatic heterocycles. The summed E-state index contributed by atoms with van der Waals surface area (Å²) in [6.45, 7) is 1.79. The van der Waals surface area contributed by atoms with E-state index in [9.17, 15) is 9.90 Å². The van der Waals surface area contributed by atoms with E-state index in [0.29, 0.717) is 0 Å². The maximum Gasteiger partial charge on any atom is 0.346 e. The summed E-state index contributed by atoms with van der Waals surface area (Å²) in [4.78, 5) is 11.8. The van der Waals surface area contributed by atoms with Gasteiger partial charge < -0.3 is 9.84 Å². The molecule has 0 heterocycles. The second-order valence-electron chi connectivity index (χ2n) is 4.86. The van der Waals surface area contributed by atoms with Crippen molar-refractivity contribution in [2.75, 3.05) is 6.61 Å². The van der Waals surface area contributed by atoms with E-state index in [0.717, 1.165) is 5.56 Å². The van der Waals surface area contributed by atoms with Crippen molar-refractivity contribution in [3.63, 3.8) is 0 Å². The molecule has 2 rings (SSSR count). The normalized spacial score (nSPS) is 26.2. The lowest BCUT2D eigenvalue weighted by molar-refractivity contribution is -0.156. The lowest BCUT2D eigenvalue weighted by atomic mass is 9.88. The van der Waals surface area contributed by atoms with E-state index in [-0.39, 0.29) is 17.9 Å². The molecule has 1 atom stereocenters. The molecule has 1 aromatic carbocycles. The van der Waals surface area contributed by atoms with E-state index in [4.69, 9.17) is 16.3 Å². The summed E-state index contributed by atoms with van der Waals surface area (Å²) in [6, 6.07) is 9.84. The van der Waals surface area contributed by atoms with Crippen LogP contribution in [0.3, 0.4) is 0 Å². The van der Waals surface area contributed by atoms with Gasteiger partial charge >= 0.3 is 5.97 Å². The number of carbonyl (C=O) groups excluding carboxylic acids is 1. The molecule has 1 N–H and O–H groups in total. The third-order valence-electron chi connectivity index (χ3n) is 3.07. The predicted octanol–water partition coefficient (Wildman–Crippen LogP) is 2.80. The van der Waals surface area contributed by atoms with E-state index in [2.05, 4.69) is 0 Å². The number of benzene rings is 1. The quantitative estimate of drug-likeness (QED) is 0.527. The van der Waals surface area contributed by atoms with Crippen molar-refractivity contribution in [1.29, 1.82) is 0 Å². The number of ether oxygens (including phenoxy) is 1. The Balaban J connectivity index is 2.04. The standard InChI is InChI=1S/C16H17ClO3/c1-12(17)11-20-15(18)16(19)9-7-14(8-10-16)13-5-3-2-4-6-13/h2-10,12,14,19H,11H2,1H3. The van der Waals surface area contributed by atoms with Gasteiger partial charge in [-0.1, -0.05) is 42.5 Å². The average Bonchev–Trinajstić information content (AvgIpc) is 2.46. The number of rotatable bonds is 4. The Morgan fingerprint density at radius 3 is 2.50 bits per heavy atom. The monoisotopic (exact) mass is 292 g/mol. The highest BCUT2D eigenvalue weighted by Gasteiger charge is 2.34. The summed E-state index contributed by atoms with van der Waals surface area (Å²) >= 11 is 5.71. The fourth-order valence-electron chi connectivity index (χ4n) is 1.96. The number of alkyl halides is 1. The summed E-state index contributed by atoms with van der Waals surface area (Å²) in [7, 11) is 0. The topological polar surface area (TPSA) is 46.5 Å². The third kappa shape index (κ3) is 3.50. The van der Waals surface area contributed by atoms with Gasteiger partial charge in [0.2, 0.25) is 0 Å². The Morgan fingerprint density at radius 1 is 1.35 bits per heavy atom. The summed E-state index contributed by atoms with van der Waals surface area (Å²) in [6.07, 6.45) is 6.51. The first-order valence-corrected chi connectivity index (χ1v) is 6.92. The molecule has 1 unspecified atom stereocenters. The molecule has 4 heteroatoms. The van der Waals surface area contributed by atoms with Gasteiger partial charge in [0.05, 0.1) is 5.38 Å². The summed E-state index contributed by atoms with van der Waals surface area (Å²) in [5.74, 6) is -0.653. The van der Waals surface area contributed by atoms with E-state index < -0.39 is 11.6 Å². The fourth-order valence-corrected chi connectivity index (χ4v) is 2.02. The second kappa shape index (κ2) is 6.25. The van der Waals surface area contributed by atoms with Gasteiger partial charge in [0, 0.05) is 5.92 Å². The van der Waals surface area contributed by atoms with Gasteiger partial charge in [0.1, 0.15) is 6.61 Å². The first kappa shape index (κ1) is 14.8. The van der Waals surface area contributed by atoms with E-state index in [1.807, 2.05) is 30.3 Å². The molecular weight excluding hydrogens is 276 g/mol. The highest BCUT2D eigenvalue weighted by Crippen LogP contribution is 2.27. The predicted molar refractivity (Wildman–Crippen MR) is 78.7 cm³/mol. The molecule has 0 bridgehead atoms. The Morgan fingerprint density at radius 2 is 1.95 bits per heavy atom. The minimum absolute atomic E-state index is 0.0521. The highest BCUT2D eigenvalue weighted by molar-refractivity contribution is 6.20. The van der Waals surface area contributed by atoms with Crippen LogP contribution in [0, 0.1) is 0 Å². The molecule has 3 nitrogen and oxygen atoms in total. The Hall–Kier alpha value is -1.58. The average molecular weight is 293 g/mol. The van der Waals surface area contributed by atoms with Crippen LogP contribution in [0.5, 0.6) is 0 Å². The van der Waals surface area contributed by atoms with Crippen molar-refractivity contribution < 1.29 is 14.6 Å². The maximum absolute atomic E-state index is 11.8. The summed E-state index contributed by atoms with van der Waals surface area (Å²) in [5, 5.41) is 9.94. The molecule has 106 valence electrons. The molecule has 20 heavy (non-hydrogen) atoms. The molecule has 0 saturated heterocycles. The third-order valence-corrected chi connectivity index (χ3v) is 3.20. The smallest absolute Gasteiger partial charge is 0.346 e. The van der Waals surface area contributed by atoms with Gasteiger partial charge in [-0.25, -0.2) is 4.79 Å². The molecule has 0 aliphatic heterocycles. The molecule has 1 aliphatic carbocycles. The zero-order chi connectivity index (χ0) is 14.6. The van der Waals surface area contributed by atoms with Crippen LogP contribution in [-0.4, -0.2) is 28.7 Å². The van der Waals surface area contributed by atoms with Crippen LogP contribution < -0.4 is 0 Å². The minimum atomic E-state index is -1.70. The van der Waals surface area contributed by atoms with Crippen molar-refractivity contribution in [2.24, 2.45) is 0 Å². The largest absolute Gasteiger partial charge is 0.462 e. The second-order valence-corrected chi connectivity index (χ2v) is 5.60. The molecule has 1 aromatic rings. The molecule has 0 amide bonds.